The van der Waals surface area contributed by atoms with Gasteiger partial charge in [0, 0.05) is 31.7 Å². The summed E-state index contributed by atoms with van der Waals surface area (Å²) in [6.45, 7) is 11.4. The number of carbonyl (C=O) groups is 2. The van der Waals surface area contributed by atoms with Crippen molar-refractivity contribution in [2.24, 2.45) is 5.92 Å². The van der Waals surface area contributed by atoms with Gasteiger partial charge in [-0.25, -0.2) is 4.98 Å². The molecule has 2 amide bonds. The fourth-order valence-electron chi connectivity index (χ4n) is 2.83. The van der Waals surface area contributed by atoms with Crippen molar-refractivity contribution in [3.8, 4) is 0 Å². The van der Waals surface area contributed by atoms with Gasteiger partial charge < -0.3 is 14.8 Å². The van der Waals surface area contributed by atoms with Gasteiger partial charge in [0.15, 0.2) is 0 Å². The molecule has 0 saturated heterocycles. The lowest BCUT2D eigenvalue weighted by Crippen LogP contribution is -2.41. The summed E-state index contributed by atoms with van der Waals surface area (Å²) in [6, 6.07) is -0.0169. The van der Waals surface area contributed by atoms with E-state index >= 15 is 0 Å². The molecule has 6 heteroatoms. The number of nitrogens with one attached hydrogen (secondary N) is 1. The smallest absolute Gasteiger partial charge is 0.271 e. The second kappa shape index (κ2) is 7.15. The quantitative estimate of drug-likeness (QED) is 0.905. The number of aromatic nitrogens is 2. The Kier molecular flexibility index (Phi) is 5.44. The molecule has 0 unspecified atom stereocenters. The van der Waals surface area contributed by atoms with Crippen molar-refractivity contribution in [2.45, 2.75) is 66.1 Å². The Morgan fingerprint density at radius 3 is 2.61 bits per heavy atom. The summed E-state index contributed by atoms with van der Waals surface area (Å²) in [5, 5.41) is 2.85. The summed E-state index contributed by atoms with van der Waals surface area (Å²) >= 11 is 0. The minimum atomic E-state index is -0.160. The van der Waals surface area contributed by atoms with Gasteiger partial charge in [0.05, 0.1) is 6.04 Å². The van der Waals surface area contributed by atoms with Gasteiger partial charge in [0.2, 0.25) is 5.91 Å². The molecule has 2 rings (SSSR count). The second-order valence-electron chi connectivity index (χ2n) is 7.00. The Hall–Kier alpha value is -1.85. The minimum absolute atomic E-state index is 0.0766. The molecule has 0 fully saturated rings. The van der Waals surface area contributed by atoms with E-state index in [0.717, 1.165) is 12.2 Å². The Bertz CT molecular complexity index is 577. The zero-order chi connectivity index (χ0) is 17.1. The van der Waals surface area contributed by atoms with Gasteiger partial charge in [-0.15, -0.1) is 0 Å². The van der Waals surface area contributed by atoms with E-state index in [1.165, 1.54) is 0 Å². The molecule has 1 aliphatic heterocycles. The van der Waals surface area contributed by atoms with Crippen LogP contribution in [0.5, 0.6) is 0 Å². The number of rotatable bonds is 5. The van der Waals surface area contributed by atoms with Crippen LogP contribution in [0.25, 0.3) is 0 Å². The highest BCUT2D eigenvalue weighted by Gasteiger charge is 2.30. The maximum atomic E-state index is 12.4. The van der Waals surface area contributed by atoms with Crippen molar-refractivity contribution in [2.75, 3.05) is 6.54 Å². The second-order valence-corrected chi connectivity index (χ2v) is 7.00. The highest BCUT2D eigenvalue weighted by atomic mass is 16.2. The van der Waals surface area contributed by atoms with Gasteiger partial charge in [-0.05, 0) is 33.1 Å². The highest BCUT2D eigenvalue weighted by molar-refractivity contribution is 5.92. The topological polar surface area (TPSA) is 67.2 Å². The first-order valence-corrected chi connectivity index (χ1v) is 8.47. The van der Waals surface area contributed by atoms with E-state index in [4.69, 9.17) is 0 Å². The maximum absolute atomic E-state index is 12.4. The molecule has 1 aromatic rings. The van der Waals surface area contributed by atoms with Crippen molar-refractivity contribution in [3.05, 3.63) is 17.7 Å². The SMILES string of the molecule is CC(C)CCC(=O)N1CCn2cc(C(=O)NC(C)C)nc2[C@@H]1C. The summed E-state index contributed by atoms with van der Waals surface area (Å²) in [7, 11) is 0. The van der Waals surface area contributed by atoms with E-state index < -0.39 is 0 Å². The molecule has 1 aromatic heterocycles. The van der Waals surface area contributed by atoms with Crippen LogP contribution >= 0.6 is 0 Å². The van der Waals surface area contributed by atoms with E-state index in [1.807, 2.05) is 30.2 Å². The number of fused-ring (bicyclic) bond motifs is 1. The molecule has 2 heterocycles. The van der Waals surface area contributed by atoms with Crippen LogP contribution in [0.1, 0.15) is 69.8 Å². The molecule has 1 N–H and O–H groups in total. The van der Waals surface area contributed by atoms with Crippen LogP contribution in [0.15, 0.2) is 6.20 Å². The zero-order valence-corrected chi connectivity index (χ0v) is 14.8. The predicted molar refractivity (Wildman–Crippen MR) is 89.0 cm³/mol. The Morgan fingerprint density at radius 2 is 2.00 bits per heavy atom. The average Bonchev–Trinajstić information content (AvgIpc) is 2.89. The van der Waals surface area contributed by atoms with Gasteiger partial charge >= 0.3 is 0 Å². The lowest BCUT2D eigenvalue weighted by atomic mass is 10.1. The minimum Gasteiger partial charge on any atom is -0.348 e. The molecule has 0 spiro atoms. The van der Waals surface area contributed by atoms with Crippen molar-refractivity contribution < 1.29 is 9.59 Å². The van der Waals surface area contributed by atoms with Crippen LogP contribution < -0.4 is 5.32 Å². The van der Waals surface area contributed by atoms with Gasteiger partial charge in [-0.1, -0.05) is 13.8 Å². The first kappa shape index (κ1) is 17.5. The first-order chi connectivity index (χ1) is 10.8. The van der Waals surface area contributed by atoms with Crippen LogP contribution in [-0.4, -0.2) is 38.9 Å². The highest BCUT2D eigenvalue weighted by Crippen LogP contribution is 2.25. The molecule has 0 bridgehead atoms. The van der Waals surface area contributed by atoms with E-state index in [1.54, 1.807) is 6.20 Å². The molecule has 0 aliphatic carbocycles. The van der Waals surface area contributed by atoms with E-state index in [0.29, 0.717) is 31.1 Å². The lowest BCUT2D eigenvalue weighted by molar-refractivity contribution is -0.134. The van der Waals surface area contributed by atoms with Gasteiger partial charge in [-0.2, -0.15) is 0 Å². The van der Waals surface area contributed by atoms with Crippen LogP contribution in [-0.2, 0) is 11.3 Å². The summed E-state index contributed by atoms with van der Waals surface area (Å²) in [5.74, 6) is 1.33. The normalized spacial score (nSPS) is 17.5. The van der Waals surface area contributed by atoms with Gasteiger partial charge in [0.25, 0.3) is 5.91 Å². The third-order valence-corrected chi connectivity index (χ3v) is 4.14. The number of hydrogen-bond donors (Lipinski definition) is 1. The predicted octanol–water partition coefficient (Wildman–Crippen LogP) is 2.36. The third-order valence-electron chi connectivity index (χ3n) is 4.14. The Morgan fingerprint density at radius 1 is 1.30 bits per heavy atom. The number of carbonyl (C=O) groups excluding carboxylic acids is 2. The molecular weight excluding hydrogens is 292 g/mol. The van der Waals surface area contributed by atoms with Crippen LogP contribution in [0.4, 0.5) is 0 Å². The molecule has 0 saturated carbocycles. The molecule has 1 aliphatic rings. The van der Waals surface area contributed by atoms with Crippen molar-refractivity contribution >= 4 is 11.8 Å². The van der Waals surface area contributed by atoms with E-state index in [9.17, 15) is 9.59 Å². The molecule has 1 atom stereocenters. The van der Waals surface area contributed by atoms with Crippen LogP contribution in [0, 0.1) is 5.92 Å². The Balaban J connectivity index is 2.10. The molecule has 128 valence electrons. The molecule has 0 aromatic carbocycles. The molecule has 6 nitrogen and oxygen atoms in total. The molecular formula is C17H28N4O2. The van der Waals surface area contributed by atoms with Crippen LogP contribution in [0.2, 0.25) is 0 Å². The average molecular weight is 320 g/mol. The molecule has 23 heavy (non-hydrogen) atoms. The third kappa shape index (κ3) is 4.12. The molecule has 0 radical (unpaired) electrons. The monoisotopic (exact) mass is 320 g/mol. The summed E-state index contributed by atoms with van der Waals surface area (Å²) < 4.78 is 1.99. The summed E-state index contributed by atoms with van der Waals surface area (Å²) in [4.78, 5) is 30.9. The van der Waals surface area contributed by atoms with E-state index in [-0.39, 0.29) is 23.9 Å². The fourth-order valence-corrected chi connectivity index (χ4v) is 2.83. The Labute approximate surface area is 138 Å². The lowest BCUT2D eigenvalue weighted by Gasteiger charge is -2.34. The van der Waals surface area contributed by atoms with Gasteiger partial charge in [-0.3, -0.25) is 9.59 Å². The fraction of sp³-hybridized carbons (Fsp3) is 0.706. The van der Waals surface area contributed by atoms with E-state index in [2.05, 4.69) is 24.1 Å². The zero-order valence-electron chi connectivity index (χ0n) is 14.8. The summed E-state index contributed by atoms with van der Waals surface area (Å²) in [6.07, 6.45) is 3.27. The van der Waals surface area contributed by atoms with Crippen molar-refractivity contribution in [3.63, 3.8) is 0 Å². The number of imidazole rings is 1. The standard InChI is InChI=1S/C17H28N4O2/c1-11(2)6-7-15(22)21-9-8-20-10-14(17(23)18-12(3)4)19-16(20)13(21)5/h10-13H,6-9H2,1-5H3,(H,18,23)/t13-/m0/s1. The van der Waals surface area contributed by atoms with Gasteiger partial charge in [0.1, 0.15) is 11.5 Å². The number of amides is 2. The number of hydrogen-bond acceptors (Lipinski definition) is 3. The maximum Gasteiger partial charge on any atom is 0.271 e. The summed E-state index contributed by atoms with van der Waals surface area (Å²) in [5.41, 5.74) is 0.428. The van der Waals surface area contributed by atoms with Crippen molar-refractivity contribution in [1.29, 1.82) is 0 Å². The largest absolute Gasteiger partial charge is 0.348 e. The first-order valence-electron chi connectivity index (χ1n) is 8.47. The number of nitrogens with zero attached hydrogens (tertiary/aromatic N) is 3. The van der Waals surface area contributed by atoms with Crippen LogP contribution in [0.3, 0.4) is 0 Å². The van der Waals surface area contributed by atoms with Crippen molar-refractivity contribution in [1.82, 2.24) is 19.8 Å².